The standard InChI is InChI=1S/C13H17NO3/c1-10-9-14(6-7-17-10)13(16)8-11-2-4-12(15)5-3-11/h2-5,10,15H,6-9H2,1H3. The fourth-order valence-corrected chi connectivity index (χ4v) is 1.95. The molecule has 1 aliphatic heterocycles. The first-order chi connectivity index (χ1) is 8.15. The van der Waals surface area contributed by atoms with Crippen molar-refractivity contribution < 1.29 is 14.6 Å². The van der Waals surface area contributed by atoms with E-state index in [1.807, 2.05) is 11.8 Å². The number of phenolic OH excluding ortho intramolecular Hbond substituents is 1. The molecule has 1 saturated heterocycles. The smallest absolute Gasteiger partial charge is 0.227 e. The van der Waals surface area contributed by atoms with E-state index in [1.165, 1.54) is 0 Å². The molecule has 0 aliphatic carbocycles. The summed E-state index contributed by atoms with van der Waals surface area (Å²) in [6.07, 6.45) is 0.500. The number of benzene rings is 1. The number of ether oxygens (including phenoxy) is 1. The molecule has 1 aromatic carbocycles. The zero-order chi connectivity index (χ0) is 12.3. The van der Waals surface area contributed by atoms with E-state index in [-0.39, 0.29) is 17.8 Å². The molecule has 0 radical (unpaired) electrons. The molecule has 4 heteroatoms. The fraction of sp³-hybridized carbons (Fsp3) is 0.462. The van der Waals surface area contributed by atoms with Gasteiger partial charge in [0.1, 0.15) is 5.75 Å². The number of carbonyl (C=O) groups is 1. The lowest BCUT2D eigenvalue weighted by molar-refractivity contribution is -0.137. The van der Waals surface area contributed by atoms with Crippen molar-refractivity contribution in [1.82, 2.24) is 4.90 Å². The third-order valence-electron chi connectivity index (χ3n) is 2.89. The van der Waals surface area contributed by atoms with Crippen LogP contribution in [0.5, 0.6) is 5.75 Å². The molecule has 4 nitrogen and oxygen atoms in total. The van der Waals surface area contributed by atoms with E-state index in [1.54, 1.807) is 24.3 Å². The van der Waals surface area contributed by atoms with E-state index in [0.29, 0.717) is 26.1 Å². The number of nitrogens with zero attached hydrogens (tertiary/aromatic N) is 1. The largest absolute Gasteiger partial charge is 0.508 e. The topological polar surface area (TPSA) is 49.8 Å². The number of hydrogen-bond acceptors (Lipinski definition) is 3. The maximum Gasteiger partial charge on any atom is 0.227 e. The average molecular weight is 235 g/mol. The van der Waals surface area contributed by atoms with Crippen LogP contribution in [0.2, 0.25) is 0 Å². The maximum atomic E-state index is 12.0. The Hall–Kier alpha value is -1.55. The van der Waals surface area contributed by atoms with Gasteiger partial charge in [-0.1, -0.05) is 12.1 Å². The molecule has 1 amide bonds. The Balaban J connectivity index is 1.94. The van der Waals surface area contributed by atoms with Gasteiger partial charge in [-0.3, -0.25) is 4.79 Å². The number of morpholine rings is 1. The summed E-state index contributed by atoms with van der Waals surface area (Å²) in [5.41, 5.74) is 0.923. The molecular weight excluding hydrogens is 218 g/mol. The Morgan fingerprint density at radius 1 is 1.47 bits per heavy atom. The van der Waals surface area contributed by atoms with E-state index in [4.69, 9.17) is 9.84 Å². The third-order valence-corrected chi connectivity index (χ3v) is 2.89. The second kappa shape index (κ2) is 5.19. The molecule has 0 bridgehead atoms. The average Bonchev–Trinajstić information content (AvgIpc) is 2.32. The van der Waals surface area contributed by atoms with Gasteiger partial charge < -0.3 is 14.7 Å². The molecule has 1 atom stereocenters. The molecular formula is C13H17NO3. The van der Waals surface area contributed by atoms with E-state index in [2.05, 4.69) is 0 Å². The molecule has 1 heterocycles. The summed E-state index contributed by atoms with van der Waals surface area (Å²) in [7, 11) is 0. The lowest BCUT2D eigenvalue weighted by Crippen LogP contribution is -2.45. The van der Waals surface area contributed by atoms with Gasteiger partial charge in [0.25, 0.3) is 0 Å². The van der Waals surface area contributed by atoms with Crippen LogP contribution < -0.4 is 0 Å². The van der Waals surface area contributed by atoms with E-state index >= 15 is 0 Å². The Bertz CT molecular complexity index is 388. The van der Waals surface area contributed by atoms with Crippen LogP contribution >= 0.6 is 0 Å². The van der Waals surface area contributed by atoms with Gasteiger partial charge in [0.2, 0.25) is 5.91 Å². The Labute approximate surface area is 101 Å². The highest BCUT2D eigenvalue weighted by Crippen LogP contribution is 2.12. The van der Waals surface area contributed by atoms with Crippen molar-refractivity contribution in [3.8, 4) is 5.75 Å². The zero-order valence-electron chi connectivity index (χ0n) is 9.93. The summed E-state index contributed by atoms with van der Waals surface area (Å²) in [5, 5.41) is 9.16. The highest BCUT2D eigenvalue weighted by atomic mass is 16.5. The molecule has 0 aromatic heterocycles. The first-order valence-corrected chi connectivity index (χ1v) is 5.82. The highest BCUT2D eigenvalue weighted by molar-refractivity contribution is 5.78. The number of phenols is 1. The van der Waals surface area contributed by atoms with Crippen LogP contribution in [0, 0.1) is 0 Å². The Kier molecular flexibility index (Phi) is 3.64. The number of carbonyl (C=O) groups excluding carboxylic acids is 1. The molecule has 0 saturated carbocycles. The fourth-order valence-electron chi connectivity index (χ4n) is 1.95. The lowest BCUT2D eigenvalue weighted by Gasteiger charge is -2.31. The van der Waals surface area contributed by atoms with Crippen molar-refractivity contribution in [3.05, 3.63) is 29.8 Å². The number of rotatable bonds is 2. The van der Waals surface area contributed by atoms with Crippen LogP contribution in [0.25, 0.3) is 0 Å². The lowest BCUT2D eigenvalue weighted by atomic mass is 10.1. The molecule has 1 unspecified atom stereocenters. The summed E-state index contributed by atoms with van der Waals surface area (Å²) < 4.78 is 5.40. The minimum atomic E-state index is 0.117. The summed E-state index contributed by atoms with van der Waals surface area (Å²) in [4.78, 5) is 13.8. The minimum absolute atomic E-state index is 0.117. The van der Waals surface area contributed by atoms with Crippen LogP contribution in [-0.2, 0) is 16.0 Å². The van der Waals surface area contributed by atoms with Crippen molar-refractivity contribution >= 4 is 5.91 Å². The SMILES string of the molecule is CC1CN(C(=O)Cc2ccc(O)cc2)CCO1. The molecule has 1 aliphatic rings. The second-order valence-electron chi connectivity index (χ2n) is 4.36. The van der Waals surface area contributed by atoms with Crippen molar-refractivity contribution in [3.63, 3.8) is 0 Å². The first kappa shape index (κ1) is 11.9. The van der Waals surface area contributed by atoms with Gasteiger partial charge in [-0.05, 0) is 24.6 Å². The second-order valence-corrected chi connectivity index (χ2v) is 4.36. The van der Waals surface area contributed by atoms with Crippen LogP contribution in [0.1, 0.15) is 12.5 Å². The number of aromatic hydroxyl groups is 1. The molecule has 0 spiro atoms. The first-order valence-electron chi connectivity index (χ1n) is 5.82. The van der Waals surface area contributed by atoms with Crippen molar-refractivity contribution in [2.24, 2.45) is 0 Å². The van der Waals surface area contributed by atoms with Crippen molar-refractivity contribution in [1.29, 1.82) is 0 Å². The molecule has 1 fully saturated rings. The van der Waals surface area contributed by atoms with Crippen molar-refractivity contribution in [2.45, 2.75) is 19.4 Å². The summed E-state index contributed by atoms with van der Waals surface area (Å²) in [6.45, 7) is 3.92. The minimum Gasteiger partial charge on any atom is -0.508 e. The van der Waals surface area contributed by atoms with Crippen LogP contribution in [0.4, 0.5) is 0 Å². The zero-order valence-corrected chi connectivity index (χ0v) is 9.93. The van der Waals surface area contributed by atoms with Crippen LogP contribution in [-0.4, -0.2) is 41.7 Å². The van der Waals surface area contributed by atoms with E-state index < -0.39 is 0 Å². The van der Waals surface area contributed by atoms with Gasteiger partial charge in [-0.15, -0.1) is 0 Å². The predicted octanol–water partition coefficient (Wildman–Crippen LogP) is 1.18. The van der Waals surface area contributed by atoms with Crippen LogP contribution in [0.15, 0.2) is 24.3 Å². The highest BCUT2D eigenvalue weighted by Gasteiger charge is 2.21. The van der Waals surface area contributed by atoms with Gasteiger partial charge in [-0.2, -0.15) is 0 Å². The number of hydrogen-bond donors (Lipinski definition) is 1. The van der Waals surface area contributed by atoms with Gasteiger partial charge in [0, 0.05) is 13.1 Å². The molecule has 17 heavy (non-hydrogen) atoms. The van der Waals surface area contributed by atoms with Gasteiger partial charge >= 0.3 is 0 Å². The van der Waals surface area contributed by atoms with Gasteiger partial charge in [-0.25, -0.2) is 0 Å². The normalized spacial score (nSPS) is 20.3. The monoisotopic (exact) mass is 235 g/mol. The quantitative estimate of drug-likeness (QED) is 0.837. The van der Waals surface area contributed by atoms with E-state index in [0.717, 1.165) is 5.56 Å². The Morgan fingerprint density at radius 3 is 2.82 bits per heavy atom. The molecule has 2 rings (SSSR count). The molecule has 1 N–H and O–H groups in total. The molecule has 1 aromatic rings. The van der Waals surface area contributed by atoms with Crippen molar-refractivity contribution in [2.75, 3.05) is 19.7 Å². The molecule has 92 valence electrons. The maximum absolute atomic E-state index is 12.0. The van der Waals surface area contributed by atoms with Gasteiger partial charge in [0.15, 0.2) is 0 Å². The summed E-state index contributed by atoms with van der Waals surface area (Å²) in [6, 6.07) is 6.75. The van der Waals surface area contributed by atoms with Crippen LogP contribution in [0.3, 0.4) is 0 Å². The van der Waals surface area contributed by atoms with E-state index in [9.17, 15) is 4.79 Å². The van der Waals surface area contributed by atoms with Gasteiger partial charge in [0.05, 0.1) is 19.1 Å². The predicted molar refractivity (Wildman–Crippen MR) is 63.8 cm³/mol. The Morgan fingerprint density at radius 2 is 2.18 bits per heavy atom. The summed E-state index contributed by atoms with van der Waals surface area (Å²) >= 11 is 0. The summed E-state index contributed by atoms with van der Waals surface area (Å²) in [5.74, 6) is 0.340. The number of amides is 1. The third kappa shape index (κ3) is 3.20.